The summed E-state index contributed by atoms with van der Waals surface area (Å²) in [6.45, 7) is 4.01. The largest absolute Gasteiger partial charge is 0.484 e. The van der Waals surface area contributed by atoms with Gasteiger partial charge in [-0.3, -0.25) is 4.79 Å². The van der Waals surface area contributed by atoms with Crippen LogP contribution in [0.3, 0.4) is 0 Å². The molecule has 0 aliphatic carbocycles. The lowest BCUT2D eigenvalue weighted by Gasteiger charge is -2.11. The first-order valence-electron chi connectivity index (χ1n) is 7.47. The Morgan fingerprint density at radius 2 is 1.87 bits per heavy atom. The fraction of sp³-hybridized carbons (Fsp3) is 0.278. The second-order valence-corrected chi connectivity index (χ2v) is 5.34. The second kappa shape index (κ2) is 7.72. The Hall–Kier alpha value is -2.43. The third-order valence-corrected chi connectivity index (χ3v) is 3.64. The minimum Gasteiger partial charge on any atom is -0.484 e. The Labute approximate surface area is 134 Å². The molecule has 0 aromatic heterocycles. The molecule has 0 radical (unpaired) electrons. The Morgan fingerprint density at radius 1 is 1.17 bits per heavy atom. The zero-order chi connectivity index (χ0) is 16.8. The van der Waals surface area contributed by atoms with Gasteiger partial charge in [-0.1, -0.05) is 26.0 Å². The third kappa shape index (κ3) is 4.77. The van der Waals surface area contributed by atoms with E-state index >= 15 is 0 Å². The van der Waals surface area contributed by atoms with Gasteiger partial charge in [0.25, 0.3) is 5.91 Å². The highest BCUT2D eigenvalue weighted by atomic mass is 19.1. The quantitative estimate of drug-likeness (QED) is 0.851. The molecular weight excluding hydrogens is 300 g/mol. The number of benzene rings is 2. The average molecular weight is 319 g/mol. The van der Waals surface area contributed by atoms with Crippen molar-refractivity contribution in [3.8, 4) is 5.75 Å². The molecule has 1 atom stereocenters. The van der Waals surface area contributed by atoms with Crippen molar-refractivity contribution in [1.82, 2.24) is 0 Å². The van der Waals surface area contributed by atoms with Gasteiger partial charge in [-0.15, -0.1) is 0 Å². The highest BCUT2D eigenvalue weighted by Crippen LogP contribution is 2.21. The summed E-state index contributed by atoms with van der Waals surface area (Å²) >= 11 is 0. The minimum atomic E-state index is -0.823. The van der Waals surface area contributed by atoms with E-state index in [1.54, 1.807) is 12.1 Å². The summed E-state index contributed by atoms with van der Waals surface area (Å²) in [7, 11) is 0. The number of hydrogen-bond donors (Lipinski definition) is 1. The predicted octanol–water partition coefficient (Wildman–Crippen LogP) is 4.50. The standard InChI is InChI=1S/C18H19F2NO2/c1-3-12(2)13-4-7-15(8-5-13)23-11-18(22)21-17-9-6-14(19)10-16(17)20/h4-10,12H,3,11H2,1-2H3,(H,21,22)/t12-/m0/s1. The van der Waals surface area contributed by atoms with Gasteiger partial charge in [-0.25, -0.2) is 8.78 Å². The van der Waals surface area contributed by atoms with Crippen LogP contribution in [0.4, 0.5) is 14.5 Å². The van der Waals surface area contributed by atoms with Gasteiger partial charge in [0.05, 0.1) is 5.69 Å². The normalized spacial score (nSPS) is 11.8. The van der Waals surface area contributed by atoms with Gasteiger partial charge in [0.15, 0.2) is 6.61 Å². The van der Waals surface area contributed by atoms with Crippen LogP contribution in [0.15, 0.2) is 42.5 Å². The van der Waals surface area contributed by atoms with Crippen LogP contribution in [0, 0.1) is 11.6 Å². The van der Waals surface area contributed by atoms with Crippen LogP contribution in [0.2, 0.25) is 0 Å². The smallest absolute Gasteiger partial charge is 0.262 e. The molecular formula is C18H19F2NO2. The molecule has 5 heteroatoms. The zero-order valence-corrected chi connectivity index (χ0v) is 13.1. The lowest BCUT2D eigenvalue weighted by atomic mass is 9.99. The Morgan fingerprint density at radius 3 is 2.48 bits per heavy atom. The molecule has 1 N–H and O–H groups in total. The number of hydrogen-bond acceptors (Lipinski definition) is 2. The molecule has 0 bridgehead atoms. The molecule has 0 aliphatic heterocycles. The summed E-state index contributed by atoms with van der Waals surface area (Å²) in [5.74, 6) is -1.00. The molecule has 0 aliphatic rings. The summed E-state index contributed by atoms with van der Waals surface area (Å²) in [6, 6.07) is 10.5. The van der Waals surface area contributed by atoms with E-state index in [1.165, 1.54) is 11.6 Å². The zero-order valence-electron chi connectivity index (χ0n) is 13.1. The average Bonchev–Trinajstić information content (AvgIpc) is 2.55. The maximum Gasteiger partial charge on any atom is 0.262 e. The van der Waals surface area contributed by atoms with Crippen LogP contribution < -0.4 is 10.1 Å². The van der Waals surface area contributed by atoms with E-state index in [0.29, 0.717) is 17.7 Å². The number of rotatable bonds is 6. The first-order valence-corrected chi connectivity index (χ1v) is 7.47. The molecule has 0 saturated carbocycles. The molecule has 2 rings (SSSR count). The van der Waals surface area contributed by atoms with E-state index < -0.39 is 17.5 Å². The van der Waals surface area contributed by atoms with Crippen molar-refractivity contribution < 1.29 is 18.3 Å². The fourth-order valence-electron chi connectivity index (χ4n) is 2.05. The Balaban J connectivity index is 1.89. The molecule has 23 heavy (non-hydrogen) atoms. The van der Waals surface area contributed by atoms with Crippen LogP contribution in [-0.4, -0.2) is 12.5 Å². The number of amides is 1. The van der Waals surface area contributed by atoms with Crippen LogP contribution >= 0.6 is 0 Å². The highest BCUT2D eigenvalue weighted by molar-refractivity contribution is 5.91. The molecule has 122 valence electrons. The van der Waals surface area contributed by atoms with Crippen LogP contribution in [-0.2, 0) is 4.79 Å². The van der Waals surface area contributed by atoms with Gasteiger partial charge in [0.1, 0.15) is 17.4 Å². The van der Waals surface area contributed by atoms with Gasteiger partial charge in [-0.05, 0) is 42.2 Å². The lowest BCUT2D eigenvalue weighted by Crippen LogP contribution is -2.20. The lowest BCUT2D eigenvalue weighted by molar-refractivity contribution is -0.118. The van der Waals surface area contributed by atoms with Gasteiger partial charge >= 0.3 is 0 Å². The SMILES string of the molecule is CC[C@H](C)c1ccc(OCC(=O)Nc2ccc(F)cc2F)cc1. The van der Waals surface area contributed by atoms with Crippen LogP contribution in [0.1, 0.15) is 31.7 Å². The number of halogens is 2. The molecule has 2 aromatic rings. The van der Waals surface area contributed by atoms with E-state index in [0.717, 1.165) is 12.5 Å². The molecule has 0 spiro atoms. The Bertz CT molecular complexity index is 671. The second-order valence-electron chi connectivity index (χ2n) is 5.34. The molecule has 0 fully saturated rings. The minimum absolute atomic E-state index is 0.0767. The summed E-state index contributed by atoms with van der Waals surface area (Å²) in [6.07, 6.45) is 1.05. The molecule has 0 heterocycles. The van der Waals surface area contributed by atoms with Crippen LogP contribution in [0.25, 0.3) is 0 Å². The van der Waals surface area contributed by atoms with Crippen molar-refractivity contribution in [2.45, 2.75) is 26.2 Å². The molecule has 2 aromatic carbocycles. The number of ether oxygens (including phenoxy) is 1. The van der Waals surface area contributed by atoms with Gasteiger partial charge in [0, 0.05) is 6.07 Å². The summed E-state index contributed by atoms with van der Waals surface area (Å²) < 4.78 is 31.6. The van der Waals surface area contributed by atoms with E-state index in [-0.39, 0.29) is 12.3 Å². The Kier molecular flexibility index (Phi) is 5.68. The first kappa shape index (κ1) is 16.9. The van der Waals surface area contributed by atoms with Crippen molar-refractivity contribution >= 4 is 11.6 Å². The first-order chi connectivity index (χ1) is 11.0. The van der Waals surface area contributed by atoms with Gasteiger partial charge in [0.2, 0.25) is 0 Å². The summed E-state index contributed by atoms with van der Waals surface area (Å²) in [5.41, 5.74) is 1.13. The topological polar surface area (TPSA) is 38.3 Å². The van der Waals surface area contributed by atoms with Crippen LogP contribution in [0.5, 0.6) is 5.75 Å². The molecule has 1 amide bonds. The molecule has 0 saturated heterocycles. The monoisotopic (exact) mass is 319 g/mol. The summed E-state index contributed by atoms with van der Waals surface area (Å²) in [5, 5.41) is 2.34. The maximum atomic E-state index is 13.4. The van der Waals surface area contributed by atoms with Gasteiger partial charge in [-0.2, -0.15) is 0 Å². The summed E-state index contributed by atoms with van der Waals surface area (Å²) in [4.78, 5) is 11.7. The molecule has 3 nitrogen and oxygen atoms in total. The van der Waals surface area contributed by atoms with Crippen molar-refractivity contribution in [3.63, 3.8) is 0 Å². The van der Waals surface area contributed by atoms with Crippen molar-refractivity contribution in [2.75, 3.05) is 11.9 Å². The van der Waals surface area contributed by atoms with Crippen molar-refractivity contribution in [3.05, 3.63) is 59.7 Å². The number of nitrogens with one attached hydrogen (secondary N) is 1. The van der Waals surface area contributed by atoms with E-state index in [4.69, 9.17) is 4.74 Å². The van der Waals surface area contributed by atoms with Crippen molar-refractivity contribution in [1.29, 1.82) is 0 Å². The molecule has 0 unspecified atom stereocenters. The number of carbonyl (C=O) groups excluding carboxylic acids is 1. The van der Waals surface area contributed by atoms with E-state index in [2.05, 4.69) is 19.2 Å². The maximum absolute atomic E-state index is 13.4. The third-order valence-electron chi connectivity index (χ3n) is 3.64. The highest BCUT2D eigenvalue weighted by Gasteiger charge is 2.09. The van der Waals surface area contributed by atoms with E-state index in [1.807, 2.05) is 12.1 Å². The van der Waals surface area contributed by atoms with E-state index in [9.17, 15) is 13.6 Å². The number of anilines is 1. The fourth-order valence-corrected chi connectivity index (χ4v) is 2.05. The van der Waals surface area contributed by atoms with Crippen molar-refractivity contribution in [2.24, 2.45) is 0 Å². The predicted molar refractivity (Wildman–Crippen MR) is 85.6 cm³/mol. The van der Waals surface area contributed by atoms with Gasteiger partial charge < -0.3 is 10.1 Å². The number of carbonyl (C=O) groups is 1.